The van der Waals surface area contributed by atoms with Crippen LogP contribution in [0.25, 0.3) is 0 Å². The molecule has 18 heavy (non-hydrogen) atoms. The van der Waals surface area contributed by atoms with Gasteiger partial charge in [-0.2, -0.15) is 0 Å². The monoisotopic (exact) mass is 268 g/mol. The van der Waals surface area contributed by atoms with Crippen LogP contribution < -0.4 is 5.32 Å². The lowest BCUT2D eigenvalue weighted by Gasteiger charge is -2.32. The topological polar surface area (TPSA) is 41.0 Å². The number of likely N-dealkylation sites (N-methyl/N-ethyl adjacent to an activating group) is 1. The molecule has 0 amide bonds. The molecule has 0 aliphatic heterocycles. The lowest BCUT2D eigenvalue weighted by Crippen LogP contribution is -2.44. The molecule has 0 atom stereocenters. The van der Waals surface area contributed by atoms with E-state index in [-0.39, 0.29) is 5.54 Å². The Labute approximate surface area is 114 Å². The fraction of sp³-hybridized carbons (Fsp3) is 0.692. The molecule has 1 aliphatic rings. The summed E-state index contributed by atoms with van der Waals surface area (Å²) in [6.07, 6.45) is 2.37. The van der Waals surface area contributed by atoms with Crippen LogP contribution in [-0.4, -0.2) is 41.0 Å². The van der Waals surface area contributed by atoms with E-state index in [1.807, 2.05) is 0 Å². The molecule has 0 bridgehead atoms. The molecule has 0 aromatic carbocycles. The third kappa shape index (κ3) is 3.33. The Morgan fingerprint density at radius 3 is 2.61 bits per heavy atom. The number of rotatable bonds is 5. The fourth-order valence-corrected chi connectivity index (χ4v) is 1.70. The van der Waals surface area contributed by atoms with Crippen LogP contribution in [0.1, 0.15) is 38.4 Å². The summed E-state index contributed by atoms with van der Waals surface area (Å²) in [6.45, 7) is 5.19. The van der Waals surface area contributed by atoms with Crippen molar-refractivity contribution in [3.8, 4) is 0 Å². The smallest absolute Gasteiger partial charge is 0.135 e. The van der Waals surface area contributed by atoms with Crippen LogP contribution in [-0.2, 0) is 0 Å². The zero-order valence-corrected chi connectivity index (χ0v) is 12.3. The third-order valence-corrected chi connectivity index (χ3v) is 3.76. The number of hydrogen-bond acceptors (Lipinski definition) is 4. The van der Waals surface area contributed by atoms with Gasteiger partial charge in [0.1, 0.15) is 16.8 Å². The van der Waals surface area contributed by atoms with Crippen molar-refractivity contribution in [1.82, 2.24) is 14.9 Å². The van der Waals surface area contributed by atoms with Gasteiger partial charge in [-0.05, 0) is 40.8 Å². The molecule has 4 nitrogen and oxygen atoms in total. The minimum Gasteiger partial charge on any atom is -0.368 e. The number of anilines is 1. The van der Waals surface area contributed by atoms with Crippen molar-refractivity contribution < 1.29 is 0 Å². The second kappa shape index (κ2) is 5.02. The number of halogens is 1. The Morgan fingerprint density at radius 2 is 2.06 bits per heavy atom. The molecule has 1 saturated carbocycles. The van der Waals surface area contributed by atoms with Gasteiger partial charge in [0.2, 0.25) is 0 Å². The lowest BCUT2D eigenvalue weighted by atomic mass is 10.0. The van der Waals surface area contributed by atoms with Crippen molar-refractivity contribution in [1.29, 1.82) is 0 Å². The summed E-state index contributed by atoms with van der Waals surface area (Å²) in [6, 6.07) is 1.79. The molecule has 1 aliphatic carbocycles. The molecule has 1 fully saturated rings. The van der Waals surface area contributed by atoms with E-state index in [1.165, 1.54) is 12.8 Å². The van der Waals surface area contributed by atoms with Crippen LogP contribution in [0.2, 0.25) is 5.15 Å². The largest absolute Gasteiger partial charge is 0.368 e. The molecule has 2 rings (SSSR count). The predicted molar refractivity (Wildman–Crippen MR) is 75.3 cm³/mol. The average Bonchev–Trinajstić information content (AvgIpc) is 3.09. The van der Waals surface area contributed by atoms with E-state index in [0.29, 0.717) is 11.1 Å². The first-order valence-electron chi connectivity index (χ1n) is 6.34. The molecule has 1 aromatic heterocycles. The maximum absolute atomic E-state index is 6.03. The summed E-state index contributed by atoms with van der Waals surface area (Å²) in [5.74, 6) is 2.23. The summed E-state index contributed by atoms with van der Waals surface area (Å²) in [5.41, 5.74) is 0.0666. The van der Waals surface area contributed by atoms with Gasteiger partial charge in [0, 0.05) is 24.1 Å². The van der Waals surface area contributed by atoms with Gasteiger partial charge in [-0.3, -0.25) is 0 Å². The van der Waals surface area contributed by atoms with Gasteiger partial charge >= 0.3 is 0 Å². The maximum Gasteiger partial charge on any atom is 0.135 e. The van der Waals surface area contributed by atoms with E-state index in [0.717, 1.165) is 18.2 Å². The van der Waals surface area contributed by atoms with E-state index in [2.05, 4.69) is 48.1 Å². The van der Waals surface area contributed by atoms with Gasteiger partial charge in [-0.25, -0.2) is 9.97 Å². The third-order valence-electron chi connectivity index (χ3n) is 3.57. The molecule has 1 heterocycles. The Balaban J connectivity index is 2.05. The van der Waals surface area contributed by atoms with Crippen LogP contribution in [0.5, 0.6) is 0 Å². The zero-order valence-electron chi connectivity index (χ0n) is 11.5. The summed E-state index contributed by atoms with van der Waals surface area (Å²) < 4.78 is 0. The average molecular weight is 269 g/mol. The molecule has 100 valence electrons. The van der Waals surface area contributed by atoms with Crippen molar-refractivity contribution in [2.24, 2.45) is 0 Å². The van der Waals surface area contributed by atoms with E-state index < -0.39 is 0 Å². The van der Waals surface area contributed by atoms with Crippen molar-refractivity contribution in [3.63, 3.8) is 0 Å². The first kappa shape index (κ1) is 13.6. The van der Waals surface area contributed by atoms with Crippen LogP contribution in [0.15, 0.2) is 6.07 Å². The quantitative estimate of drug-likeness (QED) is 0.834. The van der Waals surface area contributed by atoms with E-state index in [4.69, 9.17) is 11.6 Å². The molecule has 5 heteroatoms. The summed E-state index contributed by atoms with van der Waals surface area (Å²) in [7, 11) is 4.15. The van der Waals surface area contributed by atoms with E-state index in [1.54, 1.807) is 6.07 Å². The number of nitrogens with one attached hydrogen (secondary N) is 1. The Bertz CT molecular complexity index is 427. The van der Waals surface area contributed by atoms with Gasteiger partial charge in [0.25, 0.3) is 0 Å². The highest BCUT2D eigenvalue weighted by Crippen LogP contribution is 2.38. The molecule has 0 unspecified atom stereocenters. The normalized spacial score (nSPS) is 16.1. The van der Waals surface area contributed by atoms with Crippen LogP contribution >= 0.6 is 11.6 Å². The minimum atomic E-state index is 0.0666. The maximum atomic E-state index is 6.03. The van der Waals surface area contributed by atoms with Gasteiger partial charge in [0.15, 0.2) is 0 Å². The van der Waals surface area contributed by atoms with Gasteiger partial charge in [-0.1, -0.05) is 11.6 Å². The highest BCUT2D eigenvalue weighted by molar-refractivity contribution is 6.29. The van der Waals surface area contributed by atoms with Crippen molar-refractivity contribution in [2.45, 2.75) is 38.1 Å². The first-order valence-corrected chi connectivity index (χ1v) is 6.72. The molecule has 0 saturated heterocycles. The highest BCUT2D eigenvalue weighted by Gasteiger charge is 2.27. The van der Waals surface area contributed by atoms with Crippen LogP contribution in [0.3, 0.4) is 0 Å². The Kier molecular flexibility index (Phi) is 3.78. The standard InChI is InChI=1S/C13H21ClN4/c1-13(2,18(3)4)8-15-11-7-10(14)16-12(17-11)9-5-6-9/h7,9H,5-6,8H2,1-4H3,(H,15,16,17). The predicted octanol–water partition coefficient (Wildman–Crippen LogP) is 2.76. The van der Waals surface area contributed by atoms with Crippen molar-refractivity contribution in [3.05, 3.63) is 17.0 Å². The van der Waals surface area contributed by atoms with E-state index in [9.17, 15) is 0 Å². The molecule has 1 aromatic rings. The van der Waals surface area contributed by atoms with Gasteiger partial charge in [0.05, 0.1) is 0 Å². The first-order chi connectivity index (χ1) is 8.38. The van der Waals surface area contributed by atoms with Gasteiger partial charge < -0.3 is 10.2 Å². The molecule has 1 N–H and O–H groups in total. The zero-order chi connectivity index (χ0) is 13.3. The minimum absolute atomic E-state index is 0.0666. The lowest BCUT2D eigenvalue weighted by molar-refractivity contribution is 0.210. The second-order valence-electron chi connectivity index (χ2n) is 5.77. The van der Waals surface area contributed by atoms with Crippen molar-refractivity contribution >= 4 is 17.4 Å². The van der Waals surface area contributed by atoms with E-state index >= 15 is 0 Å². The fourth-order valence-electron chi connectivity index (χ4n) is 1.51. The molecular weight excluding hydrogens is 248 g/mol. The second-order valence-corrected chi connectivity index (χ2v) is 6.16. The summed E-state index contributed by atoms with van der Waals surface area (Å²) in [4.78, 5) is 11.0. The van der Waals surface area contributed by atoms with Gasteiger partial charge in [-0.15, -0.1) is 0 Å². The molecule has 0 spiro atoms. The molecule has 0 radical (unpaired) electrons. The Morgan fingerprint density at radius 1 is 1.39 bits per heavy atom. The van der Waals surface area contributed by atoms with Crippen LogP contribution in [0, 0.1) is 0 Å². The molecular formula is C13H21ClN4. The number of hydrogen-bond donors (Lipinski definition) is 1. The number of nitrogens with zero attached hydrogens (tertiary/aromatic N) is 3. The summed E-state index contributed by atoms with van der Waals surface area (Å²) in [5, 5.41) is 3.88. The van der Waals surface area contributed by atoms with Crippen LogP contribution in [0.4, 0.5) is 5.82 Å². The van der Waals surface area contributed by atoms with Crippen molar-refractivity contribution in [2.75, 3.05) is 26.0 Å². The summed E-state index contributed by atoms with van der Waals surface area (Å²) >= 11 is 6.03. The SMILES string of the molecule is CN(C)C(C)(C)CNc1cc(Cl)nc(C2CC2)n1. The highest BCUT2D eigenvalue weighted by atomic mass is 35.5. The number of aromatic nitrogens is 2. The Hall–Kier alpha value is -0.870.